The van der Waals surface area contributed by atoms with Crippen LogP contribution in [0.5, 0.6) is 0 Å². The predicted molar refractivity (Wildman–Crippen MR) is 85.7 cm³/mol. The summed E-state index contributed by atoms with van der Waals surface area (Å²) < 4.78 is 26.5. The molecule has 1 aliphatic rings. The first-order valence-corrected chi connectivity index (χ1v) is 8.99. The van der Waals surface area contributed by atoms with Gasteiger partial charge in [0.1, 0.15) is 0 Å². The van der Waals surface area contributed by atoms with Gasteiger partial charge in [-0.3, -0.25) is 4.79 Å². The highest BCUT2D eigenvalue weighted by molar-refractivity contribution is 7.89. The lowest BCUT2D eigenvalue weighted by atomic mass is 9.87. The van der Waals surface area contributed by atoms with E-state index in [-0.39, 0.29) is 29.8 Å². The van der Waals surface area contributed by atoms with Gasteiger partial charge in [0.2, 0.25) is 10.0 Å². The minimum atomic E-state index is -3.76. The van der Waals surface area contributed by atoms with Gasteiger partial charge in [-0.1, -0.05) is 32.9 Å². The van der Waals surface area contributed by atoms with Gasteiger partial charge in [-0.25, -0.2) is 8.42 Å². The first kappa shape index (κ1) is 17.9. The minimum absolute atomic E-state index is 0.0775. The highest BCUT2D eigenvalue weighted by Crippen LogP contribution is 2.27. The number of sulfonamides is 1. The molecule has 0 radical (unpaired) electrons. The molecule has 0 amide bonds. The third-order valence-corrected chi connectivity index (χ3v) is 6.09. The van der Waals surface area contributed by atoms with Crippen molar-refractivity contribution in [3.05, 3.63) is 29.8 Å². The van der Waals surface area contributed by atoms with Crippen molar-refractivity contribution >= 4 is 16.0 Å². The average molecular weight is 341 g/mol. The van der Waals surface area contributed by atoms with Crippen molar-refractivity contribution < 1.29 is 23.4 Å². The molecule has 0 aromatic heterocycles. The number of piperidine rings is 1. The first-order valence-electron chi connectivity index (χ1n) is 7.55. The lowest BCUT2D eigenvalue weighted by molar-refractivity contribution is -0.147. The van der Waals surface area contributed by atoms with E-state index in [1.807, 2.05) is 20.8 Å². The number of carboxylic acid groups (broad SMARTS) is 1. The fraction of sp³-hybridized carbons (Fsp3) is 0.562. The molecule has 2 atom stereocenters. The van der Waals surface area contributed by atoms with Gasteiger partial charge >= 0.3 is 5.97 Å². The molecular formula is C16H23NO5S. The average Bonchev–Trinajstić information content (AvgIpc) is 2.46. The van der Waals surface area contributed by atoms with E-state index in [4.69, 9.17) is 5.11 Å². The number of hydrogen-bond acceptors (Lipinski definition) is 4. The van der Waals surface area contributed by atoms with Crippen molar-refractivity contribution in [2.45, 2.75) is 43.6 Å². The second-order valence-corrected chi connectivity index (χ2v) is 8.88. The van der Waals surface area contributed by atoms with Crippen molar-refractivity contribution in [2.75, 3.05) is 13.1 Å². The van der Waals surface area contributed by atoms with Gasteiger partial charge in [0.05, 0.1) is 16.9 Å². The van der Waals surface area contributed by atoms with E-state index in [0.29, 0.717) is 0 Å². The van der Waals surface area contributed by atoms with Gasteiger partial charge in [0.15, 0.2) is 0 Å². The normalized spacial score (nSPS) is 23.7. The summed E-state index contributed by atoms with van der Waals surface area (Å²) in [6.07, 6.45) is -0.891. The molecule has 23 heavy (non-hydrogen) atoms. The summed E-state index contributed by atoms with van der Waals surface area (Å²) in [5.74, 6) is -2.27. The second kappa shape index (κ2) is 6.22. The molecule has 0 spiro atoms. The van der Waals surface area contributed by atoms with Gasteiger partial charge in [-0.2, -0.15) is 4.31 Å². The van der Waals surface area contributed by atoms with E-state index >= 15 is 0 Å². The summed E-state index contributed by atoms with van der Waals surface area (Å²) >= 11 is 0. The fourth-order valence-corrected chi connectivity index (χ4v) is 4.13. The Morgan fingerprint density at radius 1 is 1.22 bits per heavy atom. The Morgan fingerprint density at radius 2 is 1.78 bits per heavy atom. The molecule has 7 heteroatoms. The van der Waals surface area contributed by atoms with E-state index in [2.05, 4.69) is 0 Å². The highest BCUT2D eigenvalue weighted by atomic mass is 32.2. The third-order valence-electron chi connectivity index (χ3n) is 4.21. The zero-order chi connectivity index (χ0) is 17.4. The maximum atomic E-state index is 12.7. The topological polar surface area (TPSA) is 94.9 Å². The van der Waals surface area contributed by atoms with Crippen LogP contribution in [-0.4, -0.2) is 48.1 Å². The van der Waals surface area contributed by atoms with Gasteiger partial charge in [-0.05, 0) is 29.5 Å². The molecular weight excluding hydrogens is 318 g/mol. The van der Waals surface area contributed by atoms with Crippen molar-refractivity contribution in [2.24, 2.45) is 5.92 Å². The van der Waals surface area contributed by atoms with Crippen molar-refractivity contribution in [3.8, 4) is 0 Å². The number of carboxylic acids is 1. The summed E-state index contributed by atoms with van der Waals surface area (Å²) in [7, 11) is -3.76. The van der Waals surface area contributed by atoms with E-state index in [9.17, 15) is 18.3 Å². The molecule has 2 N–H and O–H groups in total. The zero-order valence-corrected chi connectivity index (χ0v) is 14.4. The number of aliphatic hydroxyl groups is 1. The maximum absolute atomic E-state index is 12.7. The quantitative estimate of drug-likeness (QED) is 0.867. The van der Waals surface area contributed by atoms with Crippen LogP contribution in [-0.2, 0) is 20.2 Å². The smallest absolute Gasteiger partial charge is 0.310 e. The summed E-state index contributed by atoms with van der Waals surface area (Å²) in [6.45, 7) is 6.04. The van der Waals surface area contributed by atoms with Crippen LogP contribution >= 0.6 is 0 Å². The first-order chi connectivity index (χ1) is 10.5. The number of aliphatic hydroxyl groups excluding tert-OH is 1. The highest BCUT2D eigenvalue weighted by Gasteiger charge is 2.38. The van der Waals surface area contributed by atoms with E-state index in [1.165, 1.54) is 0 Å². The standard InChI is InChI=1S/C16H23NO5S/c1-16(2,3)11-4-6-12(7-5-11)23(21,22)17-9-8-14(18)13(10-17)15(19)20/h4-7,13-14,18H,8-10H2,1-3H3,(H,19,20)/t13-,14+/m0/s1. The lowest BCUT2D eigenvalue weighted by Gasteiger charge is -2.33. The largest absolute Gasteiger partial charge is 0.481 e. The van der Waals surface area contributed by atoms with Gasteiger partial charge in [0.25, 0.3) is 0 Å². The molecule has 128 valence electrons. The molecule has 1 aromatic rings. The Hall–Kier alpha value is -1.44. The number of carbonyl (C=O) groups is 1. The Bertz CT molecular complexity index is 675. The lowest BCUT2D eigenvalue weighted by Crippen LogP contribution is -2.48. The Kier molecular flexibility index (Phi) is 4.84. The molecule has 0 unspecified atom stereocenters. The van der Waals surface area contributed by atoms with Crippen LogP contribution in [0, 0.1) is 5.92 Å². The van der Waals surface area contributed by atoms with Crippen molar-refractivity contribution in [1.82, 2.24) is 4.31 Å². The van der Waals surface area contributed by atoms with Crippen LogP contribution in [0.2, 0.25) is 0 Å². The van der Waals surface area contributed by atoms with Crippen LogP contribution in [0.25, 0.3) is 0 Å². The molecule has 0 saturated carbocycles. The minimum Gasteiger partial charge on any atom is -0.481 e. The molecule has 0 bridgehead atoms. The summed E-state index contributed by atoms with van der Waals surface area (Å²) in [5, 5.41) is 18.8. The van der Waals surface area contributed by atoms with Crippen LogP contribution < -0.4 is 0 Å². The van der Waals surface area contributed by atoms with E-state index < -0.39 is 28.0 Å². The molecule has 6 nitrogen and oxygen atoms in total. The zero-order valence-electron chi connectivity index (χ0n) is 13.6. The third kappa shape index (κ3) is 3.73. The molecule has 1 heterocycles. The van der Waals surface area contributed by atoms with Crippen LogP contribution in [0.15, 0.2) is 29.2 Å². The fourth-order valence-electron chi connectivity index (χ4n) is 2.65. The van der Waals surface area contributed by atoms with Crippen LogP contribution in [0.1, 0.15) is 32.8 Å². The second-order valence-electron chi connectivity index (χ2n) is 6.94. The Labute approximate surface area is 136 Å². The van der Waals surface area contributed by atoms with Crippen molar-refractivity contribution in [3.63, 3.8) is 0 Å². The van der Waals surface area contributed by atoms with E-state index in [0.717, 1.165) is 9.87 Å². The Balaban J connectivity index is 2.26. The van der Waals surface area contributed by atoms with Crippen molar-refractivity contribution in [1.29, 1.82) is 0 Å². The number of benzene rings is 1. The summed E-state index contributed by atoms with van der Waals surface area (Å²) in [5.41, 5.74) is 0.945. The molecule has 1 aromatic carbocycles. The van der Waals surface area contributed by atoms with Gasteiger partial charge < -0.3 is 10.2 Å². The van der Waals surface area contributed by atoms with E-state index in [1.54, 1.807) is 24.3 Å². The molecule has 1 aliphatic heterocycles. The van der Waals surface area contributed by atoms with Gasteiger partial charge in [-0.15, -0.1) is 0 Å². The Morgan fingerprint density at radius 3 is 2.26 bits per heavy atom. The number of nitrogens with zero attached hydrogens (tertiary/aromatic N) is 1. The monoisotopic (exact) mass is 341 g/mol. The number of aliphatic carboxylic acids is 1. The SMILES string of the molecule is CC(C)(C)c1ccc(S(=O)(=O)N2CC[C@@H](O)[C@@H](C(=O)O)C2)cc1. The number of rotatable bonds is 3. The summed E-state index contributed by atoms with van der Waals surface area (Å²) in [6, 6.07) is 6.66. The summed E-state index contributed by atoms with van der Waals surface area (Å²) in [4.78, 5) is 11.3. The van der Waals surface area contributed by atoms with Crippen LogP contribution in [0.4, 0.5) is 0 Å². The van der Waals surface area contributed by atoms with Crippen LogP contribution in [0.3, 0.4) is 0 Å². The molecule has 2 rings (SSSR count). The predicted octanol–water partition coefficient (Wildman–Crippen LogP) is 1.44. The van der Waals surface area contributed by atoms with Gasteiger partial charge in [0, 0.05) is 13.1 Å². The molecule has 0 aliphatic carbocycles. The maximum Gasteiger partial charge on any atom is 0.310 e. The number of hydrogen-bond donors (Lipinski definition) is 2. The molecule has 1 saturated heterocycles. The molecule has 1 fully saturated rings.